The Bertz CT molecular complexity index is 350. The molecule has 0 unspecified atom stereocenters. The fourth-order valence-corrected chi connectivity index (χ4v) is 1.15. The van der Waals surface area contributed by atoms with Crippen molar-refractivity contribution in [3.63, 3.8) is 0 Å². The number of carbonyl (C=O) groups excluding carboxylic acids is 1. The molecule has 0 aliphatic rings. The Kier molecular flexibility index (Phi) is 2.78. The monoisotopic (exact) mass is 199 g/mol. The summed E-state index contributed by atoms with van der Waals surface area (Å²) in [6.45, 7) is 1.75. The first kappa shape index (κ1) is 9.86. The highest BCUT2D eigenvalue weighted by Gasteiger charge is 2.11. The molecule has 70 valence electrons. The Morgan fingerprint density at radius 2 is 2.23 bits per heavy atom. The number of carbonyl (C=O) groups is 1. The molecule has 0 saturated carbocycles. The van der Waals surface area contributed by atoms with E-state index in [1.165, 1.54) is 12.1 Å². The van der Waals surface area contributed by atoms with E-state index in [1.807, 2.05) is 0 Å². The van der Waals surface area contributed by atoms with Crippen LogP contribution in [0.2, 0.25) is 0 Å². The third kappa shape index (κ3) is 1.92. The molecule has 0 fully saturated rings. The molecule has 0 aromatic heterocycles. The molecular weight excluding hydrogens is 190 g/mol. The molecule has 0 saturated heterocycles. The van der Waals surface area contributed by atoms with Crippen molar-refractivity contribution in [1.29, 1.82) is 0 Å². The average molecular weight is 200 g/mol. The molecule has 0 aliphatic heterocycles. The van der Waals surface area contributed by atoms with Crippen LogP contribution in [0.1, 0.15) is 15.9 Å². The van der Waals surface area contributed by atoms with Gasteiger partial charge in [0.1, 0.15) is 5.75 Å². The summed E-state index contributed by atoms with van der Waals surface area (Å²) < 4.78 is 0. The van der Waals surface area contributed by atoms with Gasteiger partial charge in [0.2, 0.25) is 0 Å². The van der Waals surface area contributed by atoms with E-state index in [-0.39, 0.29) is 23.0 Å². The van der Waals surface area contributed by atoms with E-state index in [0.717, 1.165) is 5.56 Å². The lowest BCUT2D eigenvalue weighted by Crippen LogP contribution is -2.02. The van der Waals surface area contributed by atoms with Gasteiger partial charge in [-0.1, -0.05) is 0 Å². The molecule has 1 rings (SSSR count). The molecule has 0 spiro atoms. The smallest absolute Gasteiger partial charge is 0.181 e. The molecule has 4 heteroatoms. The van der Waals surface area contributed by atoms with Crippen molar-refractivity contribution in [3.05, 3.63) is 23.3 Å². The van der Waals surface area contributed by atoms with E-state index < -0.39 is 0 Å². The van der Waals surface area contributed by atoms with Crippen molar-refractivity contribution in [2.75, 3.05) is 11.6 Å². The zero-order valence-electron chi connectivity index (χ0n) is 7.17. The second-order valence-corrected chi connectivity index (χ2v) is 3.05. The Hall–Kier alpha value is -1.22. The fraction of sp³-hybridized carbons (Fsp3) is 0.222. The lowest BCUT2D eigenvalue weighted by atomic mass is 10.1. The predicted molar refractivity (Wildman–Crippen MR) is 52.3 cm³/mol. The minimum absolute atomic E-state index is 0.0719. The highest BCUT2D eigenvalue weighted by atomic mass is 35.5. The number of halogens is 1. The van der Waals surface area contributed by atoms with Crippen LogP contribution in [-0.4, -0.2) is 16.8 Å². The van der Waals surface area contributed by atoms with Gasteiger partial charge in [0, 0.05) is 5.69 Å². The van der Waals surface area contributed by atoms with Crippen molar-refractivity contribution >= 4 is 23.1 Å². The van der Waals surface area contributed by atoms with Crippen molar-refractivity contribution in [3.8, 4) is 5.75 Å². The van der Waals surface area contributed by atoms with Gasteiger partial charge in [0.15, 0.2) is 5.78 Å². The van der Waals surface area contributed by atoms with Gasteiger partial charge < -0.3 is 10.8 Å². The van der Waals surface area contributed by atoms with E-state index in [1.54, 1.807) is 6.92 Å². The van der Waals surface area contributed by atoms with Crippen molar-refractivity contribution in [1.82, 2.24) is 0 Å². The summed E-state index contributed by atoms with van der Waals surface area (Å²) in [5.41, 5.74) is 6.97. The second kappa shape index (κ2) is 3.66. The van der Waals surface area contributed by atoms with Crippen LogP contribution in [-0.2, 0) is 0 Å². The number of aryl methyl sites for hydroxylation is 1. The van der Waals surface area contributed by atoms with Gasteiger partial charge in [-0.05, 0) is 24.6 Å². The Labute approximate surface area is 81.1 Å². The third-order valence-electron chi connectivity index (χ3n) is 1.81. The number of phenols is 1. The number of nitrogen functional groups attached to an aromatic ring is 1. The average Bonchev–Trinajstić information content (AvgIpc) is 2.10. The van der Waals surface area contributed by atoms with E-state index in [2.05, 4.69) is 0 Å². The first-order chi connectivity index (χ1) is 6.06. The zero-order valence-corrected chi connectivity index (χ0v) is 7.93. The Morgan fingerprint density at radius 3 is 2.77 bits per heavy atom. The molecule has 0 heterocycles. The van der Waals surface area contributed by atoms with Gasteiger partial charge >= 0.3 is 0 Å². The molecule has 0 bridgehead atoms. The van der Waals surface area contributed by atoms with Gasteiger partial charge in [-0.15, -0.1) is 11.6 Å². The topological polar surface area (TPSA) is 63.3 Å². The largest absolute Gasteiger partial charge is 0.507 e. The first-order valence-electron chi connectivity index (χ1n) is 3.74. The summed E-state index contributed by atoms with van der Waals surface area (Å²) in [5, 5.41) is 9.38. The Morgan fingerprint density at radius 1 is 1.62 bits per heavy atom. The number of aromatic hydroxyl groups is 1. The number of nitrogens with two attached hydrogens (primary N) is 1. The molecule has 3 nitrogen and oxygen atoms in total. The van der Waals surface area contributed by atoms with Gasteiger partial charge in [0.05, 0.1) is 11.4 Å². The van der Waals surface area contributed by atoms with Crippen LogP contribution in [0.15, 0.2) is 12.1 Å². The molecule has 13 heavy (non-hydrogen) atoms. The van der Waals surface area contributed by atoms with E-state index in [0.29, 0.717) is 5.69 Å². The highest BCUT2D eigenvalue weighted by molar-refractivity contribution is 6.30. The number of hydrogen-bond acceptors (Lipinski definition) is 3. The van der Waals surface area contributed by atoms with Crippen LogP contribution < -0.4 is 5.73 Å². The summed E-state index contributed by atoms with van der Waals surface area (Å²) in [6.07, 6.45) is 0. The molecule has 0 amide bonds. The summed E-state index contributed by atoms with van der Waals surface area (Å²) in [4.78, 5) is 11.2. The van der Waals surface area contributed by atoms with Crippen LogP contribution in [0, 0.1) is 6.92 Å². The minimum atomic E-state index is -0.328. The van der Waals surface area contributed by atoms with Crippen molar-refractivity contribution in [2.45, 2.75) is 6.92 Å². The van der Waals surface area contributed by atoms with Gasteiger partial charge in [-0.3, -0.25) is 4.79 Å². The number of hydrogen-bond donors (Lipinski definition) is 2. The number of phenolic OH excluding ortho intramolecular Hbond substituents is 1. The number of anilines is 1. The maximum Gasteiger partial charge on any atom is 0.181 e. The first-order valence-corrected chi connectivity index (χ1v) is 4.28. The molecule has 3 N–H and O–H groups in total. The molecule has 0 atom stereocenters. The highest BCUT2D eigenvalue weighted by Crippen LogP contribution is 2.24. The molecule has 1 aromatic rings. The predicted octanol–water partition coefficient (Wildman–Crippen LogP) is 1.70. The van der Waals surface area contributed by atoms with Crippen LogP contribution in [0.4, 0.5) is 5.69 Å². The van der Waals surface area contributed by atoms with Crippen LogP contribution >= 0.6 is 11.6 Å². The number of ketones is 1. The quantitative estimate of drug-likeness (QED) is 0.330. The molecule has 0 aliphatic carbocycles. The summed E-state index contributed by atoms with van der Waals surface area (Å²) in [5.74, 6) is -0.556. The maximum atomic E-state index is 11.2. The summed E-state index contributed by atoms with van der Waals surface area (Å²) >= 11 is 5.35. The summed E-state index contributed by atoms with van der Waals surface area (Å²) in [7, 11) is 0. The number of alkyl halides is 1. The van der Waals surface area contributed by atoms with E-state index in [4.69, 9.17) is 17.3 Å². The van der Waals surface area contributed by atoms with Crippen LogP contribution in [0.3, 0.4) is 0 Å². The SMILES string of the molecule is Cc1cc(O)c(C(=O)CCl)cc1N. The number of Topliss-reactive ketones (excluding diaryl/α,β-unsaturated/α-hetero) is 1. The van der Waals surface area contributed by atoms with Crippen molar-refractivity contribution in [2.24, 2.45) is 0 Å². The van der Waals surface area contributed by atoms with Crippen LogP contribution in [0.25, 0.3) is 0 Å². The van der Waals surface area contributed by atoms with Gasteiger partial charge in [-0.25, -0.2) is 0 Å². The Balaban J connectivity index is 3.23. The fourth-order valence-electron chi connectivity index (χ4n) is 1.00. The van der Waals surface area contributed by atoms with Gasteiger partial charge in [-0.2, -0.15) is 0 Å². The lowest BCUT2D eigenvalue weighted by Gasteiger charge is -2.05. The zero-order chi connectivity index (χ0) is 10.0. The summed E-state index contributed by atoms with van der Waals surface area (Å²) in [6, 6.07) is 2.89. The second-order valence-electron chi connectivity index (χ2n) is 2.78. The van der Waals surface area contributed by atoms with E-state index >= 15 is 0 Å². The minimum Gasteiger partial charge on any atom is -0.507 e. The van der Waals surface area contributed by atoms with Crippen LogP contribution in [0.5, 0.6) is 5.75 Å². The molecule has 0 radical (unpaired) electrons. The normalized spacial score (nSPS) is 10.0. The number of benzene rings is 1. The van der Waals surface area contributed by atoms with Crippen molar-refractivity contribution < 1.29 is 9.90 Å². The molecule has 1 aromatic carbocycles. The lowest BCUT2D eigenvalue weighted by molar-refractivity contribution is 0.101. The molecular formula is C9H10ClNO2. The maximum absolute atomic E-state index is 11.2. The number of rotatable bonds is 2. The third-order valence-corrected chi connectivity index (χ3v) is 2.05. The van der Waals surface area contributed by atoms with E-state index in [9.17, 15) is 9.90 Å². The van der Waals surface area contributed by atoms with Gasteiger partial charge in [0.25, 0.3) is 0 Å². The standard InChI is InChI=1S/C9H10ClNO2/c1-5-2-8(12)6(3-7(5)11)9(13)4-10/h2-3,12H,4,11H2,1H3.